The van der Waals surface area contributed by atoms with Crippen molar-refractivity contribution in [2.45, 2.75) is 31.2 Å². The van der Waals surface area contributed by atoms with Crippen LogP contribution in [0, 0.1) is 0 Å². The molecule has 92 valence electrons. The molecule has 0 saturated heterocycles. The Hall–Kier alpha value is -1.74. The number of Topliss-reactive ketones (excluding diaryl/α,β-unsaturated/α-hetero) is 1. The number of hydrogen-bond acceptors (Lipinski definition) is 3. The first-order valence-electron chi connectivity index (χ1n) is 6.33. The predicted octanol–water partition coefficient (Wildman–Crippen LogP) is 2.69. The molecule has 1 aliphatic rings. The van der Waals surface area contributed by atoms with Gasteiger partial charge in [-0.2, -0.15) is 0 Å². The highest BCUT2D eigenvalue weighted by atomic mass is 16.1. The Labute approximate surface area is 106 Å². The molecule has 18 heavy (non-hydrogen) atoms. The molecule has 1 aromatic heterocycles. The molecule has 1 heterocycles. The van der Waals surface area contributed by atoms with Gasteiger partial charge in [0.15, 0.2) is 5.78 Å². The lowest BCUT2D eigenvalue weighted by Crippen LogP contribution is -2.48. The van der Waals surface area contributed by atoms with Crippen LogP contribution >= 0.6 is 0 Å². The monoisotopic (exact) mass is 240 g/mol. The number of benzene rings is 1. The second kappa shape index (κ2) is 4.18. The minimum absolute atomic E-state index is 0.135. The number of rotatable bonds is 3. The number of aromatic nitrogens is 1. The number of ketones is 1. The average Bonchev–Trinajstić information content (AvgIpc) is 2.36. The molecule has 0 amide bonds. The fraction of sp³-hybridized carbons (Fsp3) is 0.333. The van der Waals surface area contributed by atoms with Crippen molar-refractivity contribution in [1.29, 1.82) is 0 Å². The van der Waals surface area contributed by atoms with Crippen molar-refractivity contribution in [2.24, 2.45) is 5.73 Å². The van der Waals surface area contributed by atoms with Crippen LogP contribution in [0.25, 0.3) is 10.8 Å². The van der Waals surface area contributed by atoms with Gasteiger partial charge in [-0.05, 0) is 30.7 Å². The summed E-state index contributed by atoms with van der Waals surface area (Å²) in [4.78, 5) is 16.5. The third-order valence-corrected chi connectivity index (χ3v) is 3.85. The van der Waals surface area contributed by atoms with Gasteiger partial charge in [-0.15, -0.1) is 0 Å². The largest absolute Gasteiger partial charge is 0.325 e. The van der Waals surface area contributed by atoms with Gasteiger partial charge in [0.05, 0.1) is 0 Å². The van der Waals surface area contributed by atoms with Gasteiger partial charge in [-0.3, -0.25) is 9.78 Å². The number of fused-ring (bicyclic) bond motifs is 1. The van der Waals surface area contributed by atoms with Gasteiger partial charge < -0.3 is 5.73 Å². The summed E-state index contributed by atoms with van der Waals surface area (Å²) < 4.78 is 0. The maximum atomic E-state index is 12.4. The highest BCUT2D eigenvalue weighted by Crippen LogP contribution is 2.33. The van der Waals surface area contributed by atoms with Crippen molar-refractivity contribution in [3.63, 3.8) is 0 Å². The smallest absolute Gasteiger partial charge is 0.165 e. The Morgan fingerprint density at radius 1 is 1.33 bits per heavy atom. The van der Waals surface area contributed by atoms with E-state index in [9.17, 15) is 4.79 Å². The molecule has 0 spiro atoms. The van der Waals surface area contributed by atoms with Gasteiger partial charge in [-0.25, -0.2) is 0 Å². The van der Waals surface area contributed by atoms with E-state index in [4.69, 9.17) is 5.73 Å². The minimum Gasteiger partial charge on any atom is -0.325 e. The molecule has 1 fully saturated rings. The highest BCUT2D eigenvalue weighted by molar-refractivity contribution is 6.08. The van der Waals surface area contributed by atoms with Crippen molar-refractivity contribution in [3.8, 4) is 0 Å². The number of pyridine rings is 1. The molecule has 2 N–H and O–H groups in total. The molecule has 0 bridgehead atoms. The van der Waals surface area contributed by atoms with E-state index in [0.717, 1.165) is 35.6 Å². The predicted molar refractivity (Wildman–Crippen MR) is 71.5 cm³/mol. The molecular weight excluding hydrogens is 224 g/mol. The molecule has 1 aliphatic carbocycles. The third kappa shape index (κ3) is 1.91. The molecule has 0 unspecified atom stereocenters. The van der Waals surface area contributed by atoms with E-state index in [1.807, 2.05) is 24.3 Å². The van der Waals surface area contributed by atoms with Crippen molar-refractivity contribution in [2.75, 3.05) is 0 Å². The fourth-order valence-corrected chi connectivity index (χ4v) is 2.58. The van der Waals surface area contributed by atoms with Gasteiger partial charge >= 0.3 is 0 Å². The van der Waals surface area contributed by atoms with E-state index in [1.165, 1.54) is 0 Å². The average molecular weight is 240 g/mol. The van der Waals surface area contributed by atoms with Crippen LogP contribution in [-0.2, 0) is 0 Å². The molecule has 3 nitrogen and oxygen atoms in total. The lowest BCUT2D eigenvalue weighted by molar-refractivity contribution is 0.0914. The van der Waals surface area contributed by atoms with Crippen molar-refractivity contribution < 1.29 is 4.79 Å². The summed E-state index contributed by atoms with van der Waals surface area (Å²) in [5.41, 5.74) is 6.63. The van der Waals surface area contributed by atoms with E-state index < -0.39 is 0 Å². The Morgan fingerprint density at radius 3 is 2.89 bits per heavy atom. The second-order valence-corrected chi connectivity index (χ2v) is 5.22. The normalized spacial score (nSPS) is 17.4. The van der Waals surface area contributed by atoms with Crippen molar-refractivity contribution in [3.05, 3.63) is 42.2 Å². The molecule has 0 aliphatic heterocycles. The molecule has 3 heteroatoms. The molecule has 0 atom stereocenters. The maximum absolute atomic E-state index is 12.4. The Balaban J connectivity index is 1.96. The first-order valence-corrected chi connectivity index (χ1v) is 6.33. The molecule has 2 aromatic rings. The van der Waals surface area contributed by atoms with E-state index in [0.29, 0.717) is 6.42 Å². The Kier molecular flexibility index (Phi) is 2.63. The van der Waals surface area contributed by atoms with Gasteiger partial charge in [0.1, 0.15) is 0 Å². The van der Waals surface area contributed by atoms with Crippen LogP contribution in [-0.4, -0.2) is 16.3 Å². The standard InChI is InChI=1S/C15H16N2O/c16-15(6-2-7-15)9-14(18)12-4-1-3-11-5-8-17-10-13(11)12/h1,3-5,8,10H,2,6-7,9,16H2. The van der Waals surface area contributed by atoms with E-state index in [2.05, 4.69) is 4.98 Å². The molecule has 0 radical (unpaired) electrons. The van der Waals surface area contributed by atoms with E-state index in [-0.39, 0.29) is 11.3 Å². The summed E-state index contributed by atoms with van der Waals surface area (Å²) in [6.45, 7) is 0. The topological polar surface area (TPSA) is 56.0 Å². The van der Waals surface area contributed by atoms with Crippen LogP contribution in [0.3, 0.4) is 0 Å². The summed E-state index contributed by atoms with van der Waals surface area (Å²) in [5.74, 6) is 0.135. The number of nitrogens with two attached hydrogens (primary N) is 1. The maximum Gasteiger partial charge on any atom is 0.165 e. The van der Waals surface area contributed by atoms with Gasteiger partial charge in [0.25, 0.3) is 0 Å². The van der Waals surface area contributed by atoms with Crippen LogP contribution in [0.15, 0.2) is 36.7 Å². The van der Waals surface area contributed by atoms with Crippen molar-refractivity contribution in [1.82, 2.24) is 4.98 Å². The SMILES string of the molecule is NC1(CC(=O)c2cccc3ccncc23)CCC1. The molecular formula is C15H16N2O. The minimum atomic E-state index is -0.262. The first kappa shape index (κ1) is 11.4. The number of hydrogen-bond donors (Lipinski definition) is 1. The summed E-state index contributed by atoms with van der Waals surface area (Å²) in [6.07, 6.45) is 7.00. The van der Waals surface area contributed by atoms with Crippen LogP contribution in [0.1, 0.15) is 36.0 Å². The zero-order chi connectivity index (χ0) is 12.6. The quantitative estimate of drug-likeness (QED) is 0.839. The molecule has 3 rings (SSSR count). The number of carbonyl (C=O) groups is 1. The Morgan fingerprint density at radius 2 is 2.17 bits per heavy atom. The van der Waals surface area contributed by atoms with Crippen LogP contribution in [0.2, 0.25) is 0 Å². The summed E-state index contributed by atoms with van der Waals surface area (Å²) >= 11 is 0. The lowest BCUT2D eigenvalue weighted by Gasteiger charge is -2.37. The second-order valence-electron chi connectivity index (χ2n) is 5.22. The number of carbonyl (C=O) groups excluding carboxylic acids is 1. The van der Waals surface area contributed by atoms with Gasteiger partial charge in [0.2, 0.25) is 0 Å². The zero-order valence-electron chi connectivity index (χ0n) is 10.2. The fourth-order valence-electron chi connectivity index (χ4n) is 2.58. The first-order chi connectivity index (χ1) is 8.68. The van der Waals surface area contributed by atoms with Gasteiger partial charge in [-0.1, -0.05) is 18.2 Å². The van der Waals surface area contributed by atoms with Crippen molar-refractivity contribution >= 4 is 16.6 Å². The number of nitrogens with zero attached hydrogens (tertiary/aromatic N) is 1. The highest BCUT2D eigenvalue weighted by Gasteiger charge is 2.35. The zero-order valence-corrected chi connectivity index (χ0v) is 10.2. The van der Waals surface area contributed by atoms with Crippen LogP contribution in [0.5, 0.6) is 0 Å². The lowest BCUT2D eigenvalue weighted by atomic mass is 9.73. The van der Waals surface area contributed by atoms with E-state index >= 15 is 0 Å². The summed E-state index contributed by atoms with van der Waals surface area (Å²) in [7, 11) is 0. The Bertz CT molecular complexity index is 597. The molecule has 1 saturated carbocycles. The van der Waals surface area contributed by atoms with Crippen LogP contribution < -0.4 is 5.73 Å². The van der Waals surface area contributed by atoms with E-state index in [1.54, 1.807) is 12.4 Å². The van der Waals surface area contributed by atoms with Crippen LogP contribution in [0.4, 0.5) is 0 Å². The molecule has 1 aromatic carbocycles. The summed E-state index contributed by atoms with van der Waals surface area (Å²) in [5, 5.41) is 1.98. The summed E-state index contributed by atoms with van der Waals surface area (Å²) in [6, 6.07) is 7.71. The van der Waals surface area contributed by atoms with Gasteiger partial charge in [0, 0.05) is 35.3 Å². The third-order valence-electron chi connectivity index (χ3n) is 3.85.